The zero-order valence-corrected chi connectivity index (χ0v) is 17.2. The number of benzene rings is 2. The first kappa shape index (κ1) is 20.8. The van der Waals surface area contributed by atoms with E-state index in [9.17, 15) is 10.1 Å². The predicted octanol–water partition coefficient (Wildman–Crippen LogP) is 5.08. The second-order valence-electron chi connectivity index (χ2n) is 6.82. The third-order valence-corrected chi connectivity index (χ3v) is 4.60. The summed E-state index contributed by atoms with van der Waals surface area (Å²) in [6.07, 6.45) is 3.34. The Kier molecular flexibility index (Phi) is 6.61. The molecule has 0 radical (unpaired) electrons. The van der Waals surface area contributed by atoms with Gasteiger partial charge in [-0.25, -0.2) is 0 Å². The summed E-state index contributed by atoms with van der Waals surface area (Å²) in [5.41, 5.74) is 3.97. The SMILES string of the molecule is COc1ccc(C(=O)/C(C#N)=C/c2cc(C)c(OCc3ccccn3)c(C)c2)cc1. The van der Waals surface area contributed by atoms with Crippen LogP contribution in [0.4, 0.5) is 0 Å². The van der Waals surface area contributed by atoms with Crippen molar-refractivity contribution in [1.29, 1.82) is 5.26 Å². The van der Waals surface area contributed by atoms with Gasteiger partial charge in [-0.1, -0.05) is 6.07 Å². The lowest BCUT2D eigenvalue weighted by Crippen LogP contribution is -2.03. The van der Waals surface area contributed by atoms with Crippen molar-refractivity contribution in [3.8, 4) is 17.6 Å². The molecule has 3 aromatic rings. The third-order valence-electron chi connectivity index (χ3n) is 4.60. The molecule has 0 aliphatic carbocycles. The van der Waals surface area contributed by atoms with Crippen LogP contribution in [0.15, 0.2) is 66.4 Å². The van der Waals surface area contributed by atoms with Gasteiger partial charge in [0.05, 0.1) is 12.8 Å². The molecule has 0 amide bonds. The summed E-state index contributed by atoms with van der Waals surface area (Å²) >= 11 is 0. The van der Waals surface area contributed by atoms with Crippen LogP contribution in [-0.4, -0.2) is 17.9 Å². The fraction of sp³-hybridized carbons (Fsp3) is 0.160. The maximum Gasteiger partial charge on any atom is 0.203 e. The molecule has 0 aliphatic rings. The molecule has 0 atom stereocenters. The van der Waals surface area contributed by atoms with E-state index >= 15 is 0 Å². The molecule has 150 valence electrons. The van der Waals surface area contributed by atoms with E-state index in [2.05, 4.69) is 4.98 Å². The smallest absolute Gasteiger partial charge is 0.203 e. The van der Waals surface area contributed by atoms with Crippen molar-refractivity contribution in [2.75, 3.05) is 7.11 Å². The van der Waals surface area contributed by atoms with E-state index in [1.165, 1.54) is 0 Å². The fourth-order valence-corrected chi connectivity index (χ4v) is 3.14. The first-order valence-electron chi connectivity index (χ1n) is 9.46. The zero-order chi connectivity index (χ0) is 21.5. The topological polar surface area (TPSA) is 72.2 Å². The van der Waals surface area contributed by atoms with Gasteiger partial charge >= 0.3 is 0 Å². The van der Waals surface area contributed by atoms with Gasteiger partial charge in [-0.3, -0.25) is 9.78 Å². The van der Waals surface area contributed by atoms with Crippen LogP contribution in [0.5, 0.6) is 11.5 Å². The Bertz CT molecular complexity index is 1090. The van der Waals surface area contributed by atoms with Crippen LogP contribution in [0.2, 0.25) is 0 Å². The number of methoxy groups -OCH3 is 1. The largest absolute Gasteiger partial charge is 0.497 e. The molecule has 5 heteroatoms. The predicted molar refractivity (Wildman–Crippen MR) is 115 cm³/mol. The number of carbonyl (C=O) groups is 1. The zero-order valence-electron chi connectivity index (χ0n) is 17.2. The summed E-state index contributed by atoms with van der Waals surface area (Å²) in [5, 5.41) is 9.53. The number of pyridine rings is 1. The van der Waals surface area contributed by atoms with Crippen LogP contribution in [0.1, 0.15) is 32.7 Å². The van der Waals surface area contributed by atoms with Crippen molar-refractivity contribution in [1.82, 2.24) is 4.98 Å². The van der Waals surface area contributed by atoms with Crippen LogP contribution >= 0.6 is 0 Å². The molecule has 0 saturated carbocycles. The van der Waals surface area contributed by atoms with Crippen molar-refractivity contribution in [3.05, 3.63) is 94.3 Å². The van der Waals surface area contributed by atoms with E-state index in [0.717, 1.165) is 28.1 Å². The molecule has 2 aromatic carbocycles. The summed E-state index contributed by atoms with van der Waals surface area (Å²) in [4.78, 5) is 17.0. The second kappa shape index (κ2) is 9.53. The Morgan fingerprint density at radius 2 is 1.80 bits per heavy atom. The van der Waals surface area contributed by atoms with E-state index in [-0.39, 0.29) is 11.4 Å². The van der Waals surface area contributed by atoms with Crippen molar-refractivity contribution >= 4 is 11.9 Å². The highest BCUT2D eigenvalue weighted by atomic mass is 16.5. The van der Waals surface area contributed by atoms with E-state index in [4.69, 9.17) is 9.47 Å². The van der Waals surface area contributed by atoms with Gasteiger partial charge < -0.3 is 9.47 Å². The van der Waals surface area contributed by atoms with Gasteiger partial charge in [-0.2, -0.15) is 5.26 Å². The van der Waals surface area contributed by atoms with Gasteiger partial charge in [0.2, 0.25) is 5.78 Å². The summed E-state index contributed by atoms with van der Waals surface area (Å²) in [7, 11) is 1.56. The van der Waals surface area contributed by atoms with Crippen molar-refractivity contribution < 1.29 is 14.3 Å². The Morgan fingerprint density at radius 1 is 1.10 bits per heavy atom. The lowest BCUT2D eigenvalue weighted by molar-refractivity contribution is 0.104. The van der Waals surface area contributed by atoms with Crippen molar-refractivity contribution in [2.45, 2.75) is 20.5 Å². The lowest BCUT2D eigenvalue weighted by atomic mass is 9.99. The average molecular weight is 398 g/mol. The van der Waals surface area contributed by atoms with Crippen LogP contribution in [0.3, 0.4) is 0 Å². The maximum absolute atomic E-state index is 12.7. The van der Waals surface area contributed by atoms with Gasteiger partial charge in [0.1, 0.15) is 29.7 Å². The van der Waals surface area contributed by atoms with Crippen LogP contribution in [0.25, 0.3) is 6.08 Å². The number of Topliss-reactive ketones (excluding diaryl/α,β-unsaturated/α-hetero) is 1. The maximum atomic E-state index is 12.7. The number of hydrogen-bond acceptors (Lipinski definition) is 5. The fourth-order valence-electron chi connectivity index (χ4n) is 3.14. The van der Waals surface area contributed by atoms with Crippen molar-refractivity contribution in [2.24, 2.45) is 0 Å². The molecule has 1 aromatic heterocycles. The third kappa shape index (κ3) is 4.92. The van der Waals surface area contributed by atoms with E-state index < -0.39 is 0 Å². The standard InChI is InChI=1S/C25H22N2O3/c1-17-12-19(13-18(2)25(17)30-16-22-6-4-5-11-27-22)14-21(15-26)24(28)20-7-9-23(29-3)10-8-20/h4-14H,16H2,1-3H3/b21-14+. The van der Waals surface area contributed by atoms with Crippen molar-refractivity contribution in [3.63, 3.8) is 0 Å². The Balaban J connectivity index is 1.82. The number of hydrogen-bond donors (Lipinski definition) is 0. The summed E-state index contributed by atoms with van der Waals surface area (Å²) in [6.45, 7) is 4.25. The minimum absolute atomic E-state index is 0.0705. The van der Waals surface area contributed by atoms with Crippen LogP contribution in [-0.2, 0) is 6.61 Å². The number of carbonyl (C=O) groups excluding carboxylic acids is 1. The quantitative estimate of drug-likeness (QED) is 0.315. The highest BCUT2D eigenvalue weighted by Crippen LogP contribution is 2.27. The number of nitrogens with zero attached hydrogens (tertiary/aromatic N) is 2. The second-order valence-corrected chi connectivity index (χ2v) is 6.82. The summed E-state index contributed by atoms with van der Waals surface area (Å²) in [6, 6.07) is 18.2. The number of rotatable bonds is 7. The number of aromatic nitrogens is 1. The first-order chi connectivity index (χ1) is 14.5. The van der Waals surface area contributed by atoms with Gasteiger partial charge in [0.25, 0.3) is 0 Å². The Morgan fingerprint density at radius 3 is 2.37 bits per heavy atom. The summed E-state index contributed by atoms with van der Waals surface area (Å²) < 4.78 is 11.1. The molecule has 0 unspecified atom stereocenters. The Hall–Kier alpha value is -3.91. The lowest BCUT2D eigenvalue weighted by Gasteiger charge is -2.13. The first-order valence-corrected chi connectivity index (χ1v) is 9.46. The molecule has 0 saturated heterocycles. The molecular weight excluding hydrogens is 376 g/mol. The normalized spacial score (nSPS) is 10.9. The van der Waals surface area contributed by atoms with Gasteiger partial charge in [-0.05, 0) is 85.1 Å². The van der Waals surface area contributed by atoms with E-state index in [1.807, 2.05) is 50.2 Å². The monoisotopic (exact) mass is 398 g/mol. The summed E-state index contributed by atoms with van der Waals surface area (Å²) in [5.74, 6) is 1.10. The molecule has 30 heavy (non-hydrogen) atoms. The highest BCUT2D eigenvalue weighted by Gasteiger charge is 2.13. The molecule has 0 spiro atoms. The van der Waals surface area contributed by atoms with E-state index in [1.54, 1.807) is 43.6 Å². The number of aryl methyl sites for hydroxylation is 2. The van der Waals surface area contributed by atoms with Gasteiger partial charge in [0, 0.05) is 11.8 Å². The Labute approximate surface area is 176 Å². The molecule has 5 nitrogen and oxygen atoms in total. The molecule has 0 bridgehead atoms. The van der Waals surface area contributed by atoms with E-state index in [0.29, 0.717) is 17.9 Å². The minimum Gasteiger partial charge on any atom is -0.497 e. The number of ether oxygens (including phenoxy) is 2. The number of allylic oxidation sites excluding steroid dienone is 1. The number of ketones is 1. The molecular formula is C25H22N2O3. The molecule has 0 N–H and O–H groups in total. The molecule has 0 fully saturated rings. The van der Waals surface area contributed by atoms with Crippen LogP contribution in [0, 0.1) is 25.2 Å². The molecule has 0 aliphatic heterocycles. The van der Waals surface area contributed by atoms with Crippen LogP contribution < -0.4 is 9.47 Å². The highest BCUT2D eigenvalue weighted by molar-refractivity contribution is 6.14. The van der Waals surface area contributed by atoms with Gasteiger partial charge in [0.15, 0.2) is 0 Å². The number of nitriles is 1. The molecule has 1 heterocycles. The van der Waals surface area contributed by atoms with Gasteiger partial charge in [-0.15, -0.1) is 0 Å². The minimum atomic E-state index is -0.328. The average Bonchev–Trinajstić information content (AvgIpc) is 2.77. The molecule has 3 rings (SSSR count).